The van der Waals surface area contributed by atoms with Crippen LogP contribution in [0.4, 0.5) is 0 Å². The summed E-state index contributed by atoms with van der Waals surface area (Å²) in [7, 11) is 5.96. The zero-order valence-electron chi connectivity index (χ0n) is 16.4. The van der Waals surface area contributed by atoms with Crippen LogP contribution in [-0.2, 0) is 33.7 Å². The van der Waals surface area contributed by atoms with Crippen LogP contribution in [0, 0.1) is 6.92 Å². The van der Waals surface area contributed by atoms with E-state index in [1.807, 2.05) is 49.5 Å². The van der Waals surface area contributed by atoms with Crippen molar-refractivity contribution in [3.05, 3.63) is 57.0 Å². The Morgan fingerprint density at radius 3 is 2.71 bits per heavy atom. The minimum atomic E-state index is 0. The zero-order chi connectivity index (χ0) is 19.4. The van der Waals surface area contributed by atoms with E-state index in [2.05, 4.69) is 37.9 Å². The van der Waals surface area contributed by atoms with Crippen molar-refractivity contribution in [2.45, 2.75) is 26.6 Å². The summed E-state index contributed by atoms with van der Waals surface area (Å²) < 4.78 is 3.99. The van der Waals surface area contributed by atoms with Crippen molar-refractivity contribution in [2.75, 3.05) is 7.05 Å². The molecule has 3 heterocycles. The number of nitrogens with zero attached hydrogens (tertiary/aromatic N) is 6. The number of thiophene rings is 1. The van der Waals surface area contributed by atoms with Crippen molar-refractivity contribution in [1.29, 1.82) is 0 Å². The summed E-state index contributed by atoms with van der Waals surface area (Å²) in [6, 6.07) is 6.13. The van der Waals surface area contributed by atoms with E-state index >= 15 is 0 Å². The number of hydrogen-bond donors (Lipinski definition) is 1. The average molecular weight is 534 g/mol. The van der Waals surface area contributed by atoms with E-state index in [1.54, 1.807) is 11.3 Å². The van der Waals surface area contributed by atoms with Crippen LogP contribution >= 0.6 is 46.9 Å². The molecule has 3 rings (SSSR count). The summed E-state index contributed by atoms with van der Waals surface area (Å²) in [6.07, 6.45) is 1.91. The smallest absolute Gasteiger partial charge is 0.194 e. The van der Waals surface area contributed by atoms with Gasteiger partial charge in [0, 0.05) is 37.9 Å². The fraction of sp³-hybridized carbons (Fsp3) is 0.389. The third-order valence-corrected chi connectivity index (χ3v) is 5.47. The first-order chi connectivity index (χ1) is 12.9. The summed E-state index contributed by atoms with van der Waals surface area (Å²) in [5.41, 5.74) is 1.11. The average Bonchev–Trinajstić information content (AvgIpc) is 3.33. The molecule has 0 radical (unpaired) electrons. The first kappa shape index (κ1) is 22.7. The Kier molecular flexibility index (Phi) is 8.32. The van der Waals surface area contributed by atoms with E-state index in [0.717, 1.165) is 34.9 Å². The van der Waals surface area contributed by atoms with Gasteiger partial charge in [-0.3, -0.25) is 0 Å². The number of aromatic nitrogens is 4. The van der Waals surface area contributed by atoms with Crippen LogP contribution in [0.25, 0.3) is 0 Å². The molecule has 0 aromatic carbocycles. The molecule has 152 valence electrons. The van der Waals surface area contributed by atoms with Gasteiger partial charge in [0.2, 0.25) is 0 Å². The van der Waals surface area contributed by atoms with Gasteiger partial charge in [0.05, 0.1) is 18.1 Å². The largest absolute Gasteiger partial charge is 0.351 e. The molecule has 3 aromatic heterocycles. The van der Waals surface area contributed by atoms with E-state index in [1.165, 1.54) is 4.88 Å². The van der Waals surface area contributed by atoms with Crippen molar-refractivity contribution >= 4 is 52.9 Å². The standard InChI is InChI=1S/C18H24ClN7S.HI/c1-13-22-23-17(26(13)4)10-21-18(20-9-16-6-5-7-27-16)25(3)12-15-8-14(19)11-24(15)2;/h5-8,11H,9-10,12H2,1-4H3,(H,20,21);1H. The van der Waals surface area contributed by atoms with Gasteiger partial charge in [-0.05, 0) is 24.4 Å². The Hall–Kier alpha value is -1.59. The lowest BCUT2D eigenvalue weighted by molar-refractivity contribution is 0.459. The molecular formula is C18H25ClIN7S. The number of rotatable bonds is 6. The topological polar surface area (TPSA) is 63.3 Å². The van der Waals surface area contributed by atoms with E-state index < -0.39 is 0 Å². The fourth-order valence-corrected chi connectivity index (χ4v) is 3.58. The monoisotopic (exact) mass is 533 g/mol. The van der Waals surface area contributed by atoms with Gasteiger partial charge >= 0.3 is 0 Å². The highest BCUT2D eigenvalue weighted by Crippen LogP contribution is 2.14. The number of halogens is 2. The van der Waals surface area contributed by atoms with E-state index in [9.17, 15) is 0 Å². The van der Waals surface area contributed by atoms with Crippen LogP contribution in [0.5, 0.6) is 0 Å². The second-order valence-electron chi connectivity index (χ2n) is 6.41. The molecule has 28 heavy (non-hydrogen) atoms. The van der Waals surface area contributed by atoms with Crippen LogP contribution < -0.4 is 5.32 Å². The van der Waals surface area contributed by atoms with Crippen LogP contribution in [-0.4, -0.2) is 37.2 Å². The molecule has 10 heteroatoms. The maximum Gasteiger partial charge on any atom is 0.194 e. The number of aryl methyl sites for hydroxylation is 2. The molecule has 0 aliphatic heterocycles. The van der Waals surface area contributed by atoms with Crippen molar-refractivity contribution in [3.63, 3.8) is 0 Å². The molecule has 0 unspecified atom stereocenters. The first-order valence-electron chi connectivity index (χ1n) is 8.61. The van der Waals surface area contributed by atoms with Gasteiger partial charge in [-0.2, -0.15) is 0 Å². The molecule has 1 N–H and O–H groups in total. The first-order valence-corrected chi connectivity index (χ1v) is 9.87. The second-order valence-corrected chi connectivity index (χ2v) is 7.88. The Morgan fingerprint density at radius 1 is 1.36 bits per heavy atom. The predicted octanol–water partition coefficient (Wildman–Crippen LogP) is 3.57. The molecule has 0 fully saturated rings. The fourth-order valence-electron chi connectivity index (χ4n) is 2.67. The van der Waals surface area contributed by atoms with Crippen molar-refractivity contribution in [3.8, 4) is 0 Å². The summed E-state index contributed by atoms with van der Waals surface area (Å²) in [6.45, 7) is 3.81. The summed E-state index contributed by atoms with van der Waals surface area (Å²) in [5, 5.41) is 14.6. The quantitative estimate of drug-likeness (QED) is 0.299. The van der Waals surface area contributed by atoms with Gasteiger partial charge in [-0.15, -0.1) is 45.5 Å². The molecule has 3 aromatic rings. The van der Waals surface area contributed by atoms with Crippen LogP contribution in [0.2, 0.25) is 5.02 Å². The van der Waals surface area contributed by atoms with E-state index in [-0.39, 0.29) is 24.0 Å². The van der Waals surface area contributed by atoms with Gasteiger partial charge in [0.1, 0.15) is 12.4 Å². The van der Waals surface area contributed by atoms with Crippen LogP contribution in [0.15, 0.2) is 34.8 Å². The van der Waals surface area contributed by atoms with Crippen molar-refractivity contribution < 1.29 is 0 Å². The second kappa shape index (κ2) is 10.3. The highest BCUT2D eigenvalue weighted by Gasteiger charge is 2.12. The normalized spacial score (nSPS) is 11.4. The van der Waals surface area contributed by atoms with Crippen LogP contribution in [0.3, 0.4) is 0 Å². The Morgan fingerprint density at radius 2 is 2.14 bits per heavy atom. The number of guanidine groups is 1. The van der Waals surface area contributed by atoms with Gasteiger partial charge in [-0.1, -0.05) is 17.7 Å². The molecule has 0 aliphatic carbocycles. The van der Waals surface area contributed by atoms with Gasteiger partial charge in [0.15, 0.2) is 11.8 Å². The maximum atomic E-state index is 6.12. The minimum Gasteiger partial charge on any atom is -0.351 e. The van der Waals surface area contributed by atoms with Gasteiger partial charge in [0.25, 0.3) is 0 Å². The maximum absolute atomic E-state index is 6.12. The lowest BCUT2D eigenvalue weighted by atomic mass is 10.4. The third kappa shape index (κ3) is 5.71. The van der Waals surface area contributed by atoms with Crippen molar-refractivity contribution in [2.24, 2.45) is 19.1 Å². The minimum absolute atomic E-state index is 0. The van der Waals surface area contributed by atoms with Gasteiger partial charge in [-0.25, -0.2) is 4.99 Å². The number of aliphatic imine (C=N–C) groups is 1. The third-order valence-electron chi connectivity index (χ3n) is 4.39. The Labute approximate surface area is 191 Å². The molecule has 0 aliphatic rings. The number of hydrogen-bond acceptors (Lipinski definition) is 4. The lowest BCUT2D eigenvalue weighted by Crippen LogP contribution is -2.38. The van der Waals surface area contributed by atoms with E-state index in [0.29, 0.717) is 13.1 Å². The summed E-state index contributed by atoms with van der Waals surface area (Å²) >= 11 is 7.84. The van der Waals surface area contributed by atoms with Gasteiger partial charge < -0.3 is 19.4 Å². The highest BCUT2D eigenvalue weighted by atomic mass is 127. The molecule has 0 saturated heterocycles. The summed E-state index contributed by atoms with van der Waals surface area (Å²) in [4.78, 5) is 8.11. The number of nitrogens with one attached hydrogen (secondary N) is 1. The Bertz CT molecular complexity index is 917. The molecule has 0 atom stereocenters. The highest BCUT2D eigenvalue weighted by molar-refractivity contribution is 14.0. The lowest BCUT2D eigenvalue weighted by Gasteiger charge is -2.22. The predicted molar refractivity (Wildman–Crippen MR) is 125 cm³/mol. The molecule has 0 spiro atoms. The SMILES string of the molecule is Cc1nnc(CN=C(NCc2cccs2)N(C)Cc2cc(Cl)cn2C)n1C.I. The molecule has 7 nitrogen and oxygen atoms in total. The molecule has 0 bridgehead atoms. The van der Waals surface area contributed by atoms with Crippen molar-refractivity contribution in [1.82, 2.24) is 29.5 Å². The molecule has 0 saturated carbocycles. The molecule has 0 amide bonds. The summed E-state index contributed by atoms with van der Waals surface area (Å²) in [5.74, 6) is 2.51. The molecular weight excluding hydrogens is 509 g/mol. The van der Waals surface area contributed by atoms with Crippen LogP contribution in [0.1, 0.15) is 22.2 Å². The Balaban J connectivity index is 0.00000280. The zero-order valence-corrected chi connectivity index (χ0v) is 20.3. The van der Waals surface area contributed by atoms with E-state index in [4.69, 9.17) is 16.6 Å².